The zero-order valence-corrected chi connectivity index (χ0v) is 39.7. The van der Waals surface area contributed by atoms with Gasteiger partial charge in [0.1, 0.15) is 0 Å². The van der Waals surface area contributed by atoms with Crippen molar-refractivity contribution in [2.45, 2.75) is 82.8 Å². The maximum Gasteiger partial charge on any atom is 0.272 e. The number of benzene rings is 7. The topological polar surface area (TPSA) is 6.48 Å². The molecule has 0 radical (unpaired) electrons. The Kier molecular flexibility index (Phi) is 8.79. The highest BCUT2D eigenvalue weighted by Gasteiger charge is 2.53. The molecule has 8 aromatic rings. The lowest BCUT2D eigenvalue weighted by Gasteiger charge is -2.43. The monoisotopic (exact) mass is 864 g/mol. The number of hydrogen-bond acceptors (Lipinski definition) is 4. The molecule has 0 bridgehead atoms. The second-order valence-corrected chi connectivity index (χ2v) is 23.1. The normalized spacial score (nSPS) is 18.2. The molecule has 2 unspecified atom stereocenters. The van der Waals surface area contributed by atoms with Crippen LogP contribution in [0.25, 0.3) is 21.2 Å². The number of anilines is 5. The molecule has 0 N–H and O–H groups in total. The molecule has 1 aromatic heterocycles. The van der Waals surface area contributed by atoms with Gasteiger partial charge in [0.25, 0.3) is 6.71 Å². The maximum absolute atomic E-state index is 2.66. The summed E-state index contributed by atoms with van der Waals surface area (Å²) in [6, 6.07) is 62.9. The van der Waals surface area contributed by atoms with E-state index in [0.29, 0.717) is 0 Å². The van der Waals surface area contributed by atoms with Crippen LogP contribution in [0.5, 0.6) is 0 Å². The molecule has 12 rings (SSSR count). The summed E-state index contributed by atoms with van der Waals surface area (Å²) >= 11 is 4.14. The van der Waals surface area contributed by atoms with Crippen molar-refractivity contribution in [3.8, 4) is 11.1 Å². The van der Waals surface area contributed by atoms with Crippen molar-refractivity contribution >= 4 is 78.6 Å². The molecule has 0 fully saturated rings. The van der Waals surface area contributed by atoms with Crippen LogP contribution in [0.4, 0.5) is 28.4 Å². The van der Waals surface area contributed by atoms with E-state index in [9.17, 15) is 0 Å². The molecule has 2 nitrogen and oxygen atoms in total. The Balaban J connectivity index is 1.17. The fraction of sp³-hybridized carbons (Fsp3) is 0.220. The Morgan fingerprint density at radius 1 is 0.547 bits per heavy atom. The van der Waals surface area contributed by atoms with E-state index in [-0.39, 0.29) is 34.1 Å². The summed E-state index contributed by atoms with van der Waals surface area (Å²) in [5.41, 5.74) is 20.1. The van der Waals surface area contributed by atoms with Gasteiger partial charge in [-0.1, -0.05) is 171 Å². The first kappa shape index (κ1) is 39.8. The molecule has 5 heteroatoms. The lowest BCUT2D eigenvalue weighted by molar-refractivity contribution is 0.590. The van der Waals surface area contributed by atoms with Crippen molar-refractivity contribution in [1.29, 1.82) is 0 Å². The summed E-state index contributed by atoms with van der Waals surface area (Å²) in [7, 11) is 0. The molecule has 0 spiro atoms. The van der Waals surface area contributed by atoms with Crippen LogP contribution in [-0.4, -0.2) is 6.71 Å². The summed E-state index contributed by atoms with van der Waals surface area (Å²) in [5, 5.41) is 1.54. The fourth-order valence-electron chi connectivity index (χ4n) is 11.3. The molecule has 3 aliphatic heterocycles. The number of rotatable bonds is 4. The van der Waals surface area contributed by atoms with Gasteiger partial charge in [0.2, 0.25) is 0 Å². The van der Waals surface area contributed by atoms with Crippen LogP contribution in [-0.2, 0) is 16.2 Å². The molecule has 1 aliphatic carbocycles. The summed E-state index contributed by atoms with van der Waals surface area (Å²) in [4.78, 5) is 6.76. The Morgan fingerprint density at radius 3 is 1.73 bits per heavy atom. The zero-order valence-electron chi connectivity index (χ0n) is 38.0. The number of allylic oxidation sites excluding steroid dienone is 1. The first-order valence-corrected chi connectivity index (χ1v) is 24.6. The lowest BCUT2D eigenvalue weighted by atomic mass is 9.39. The van der Waals surface area contributed by atoms with Crippen molar-refractivity contribution in [2.75, 3.05) is 9.80 Å². The minimum atomic E-state index is -0.0834. The first-order valence-electron chi connectivity index (χ1n) is 22.9. The molecule has 64 heavy (non-hydrogen) atoms. The Morgan fingerprint density at radius 2 is 1.11 bits per heavy atom. The Bertz CT molecular complexity index is 3190. The van der Waals surface area contributed by atoms with Gasteiger partial charge in [-0.3, -0.25) is 0 Å². The molecule has 4 aliphatic rings. The lowest BCUT2D eigenvalue weighted by Crippen LogP contribution is -2.54. The predicted molar refractivity (Wildman–Crippen MR) is 278 cm³/mol. The highest BCUT2D eigenvalue weighted by atomic mass is 32.2. The van der Waals surface area contributed by atoms with Gasteiger partial charge in [0, 0.05) is 59.9 Å². The van der Waals surface area contributed by atoms with Crippen LogP contribution < -0.4 is 20.0 Å². The van der Waals surface area contributed by atoms with Gasteiger partial charge in [-0.05, 0) is 114 Å². The van der Waals surface area contributed by atoms with E-state index in [1.165, 1.54) is 104 Å². The number of thioether (sulfide) groups is 1. The van der Waals surface area contributed by atoms with E-state index in [0.717, 1.165) is 0 Å². The summed E-state index contributed by atoms with van der Waals surface area (Å²) in [5.74, 6) is 0.129. The van der Waals surface area contributed by atoms with Gasteiger partial charge in [-0.2, -0.15) is 0 Å². The highest BCUT2D eigenvalue weighted by molar-refractivity contribution is 8.06. The Labute approximate surface area is 387 Å². The van der Waals surface area contributed by atoms with Crippen LogP contribution in [0.1, 0.15) is 99.9 Å². The first-order chi connectivity index (χ1) is 30.8. The van der Waals surface area contributed by atoms with Gasteiger partial charge in [0.05, 0.1) is 5.69 Å². The van der Waals surface area contributed by atoms with Crippen LogP contribution >= 0.6 is 23.1 Å². The van der Waals surface area contributed by atoms with Crippen molar-refractivity contribution in [1.82, 2.24) is 0 Å². The summed E-state index contributed by atoms with van der Waals surface area (Å²) < 4.78 is 2.80. The third kappa shape index (κ3) is 5.86. The minimum Gasteiger partial charge on any atom is -0.314 e. The summed E-state index contributed by atoms with van der Waals surface area (Å²) in [6.45, 7) is 18.7. The van der Waals surface area contributed by atoms with Gasteiger partial charge >= 0.3 is 0 Å². The van der Waals surface area contributed by atoms with Crippen LogP contribution in [0.3, 0.4) is 0 Å². The fourth-order valence-corrected chi connectivity index (χ4v) is 14.4. The standard InChI is InChI=1S/C59H53BN2S2/c1-57(2,3)38-26-30-40(31-27-38)61-47-24-17-25-48-51(47)60(55-52(61)44-34-43-42-22-15-16-23-45(42)59(7,8)46(43)35-49(44)63-55)56-53(62(48)41-32-28-39(29-33-41)58(4,5)6)50(36-18-11-9-12-19-36)54(64-56)37-20-13-10-14-21-37/h9-35,50,54H,1-8H3. The minimum absolute atomic E-state index is 0.0498. The molecule has 314 valence electrons. The van der Waals surface area contributed by atoms with Crippen molar-refractivity contribution in [2.24, 2.45) is 0 Å². The molecule has 0 amide bonds. The van der Waals surface area contributed by atoms with Crippen molar-refractivity contribution in [3.05, 3.63) is 208 Å². The zero-order chi connectivity index (χ0) is 43.9. The SMILES string of the molecule is CC(C)(C)c1ccc(N2C3=C(SC(c4ccccc4)C3c3ccccc3)B3c4sc5cc6c(cc5c4N(c4ccc(C(C)(C)C)cc4)c4cccc2c43)-c2ccccc2C6(C)C)cc1. The van der Waals surface area contributed by atoms with Crippen LogP contribution in [0.15, 0.2) is 174 Å². The van der Waals surface area contributed by atoms with Crippen LogP contribution in [0.2, 0.25) is 0 Å². The molecule has 0 saturated carbocycles. The van der Waals surface area contributed by atoms with Gasteiger partial charge < -0.3 is 9.80 Å². The van der Waals surface area contributed by atoms with E-state index < -0.39 is 0 Å². The number of thiophene rings is 1. The molecule has 2 atom stereocenters. The number of nitrogens with zero attached hydrogens (tertiary/aromatic N) is 2. The molecular weight excluding hydrogens is 812 g/mol. The quantitative estimate of drug-likeness (QED) is 0.163. The van der Waals surface area contributed by atoms with E-state index in [1.807, 2.05) is 11.3 Å². The van der Waals surface area contributed by atoms with Gasteiger partial charge in [-0.25, -0.2) is 0 Å². The molecule has 4 heterocycles. The third-order valence-electron chi connectivity index (χ3n) is 14.6. The largest absolute Gasteiger partial charge is 0.314 e. The second-order valence-electron chi connectivity index (χ2n) is 20.9. The summed E-state index contributed by atoms with van der Waals surface area (Å²) in [6.07, 6.45) is 0. The van der Waals surface area contributed by atoms with Crippen molar-refractivity contribution < 1.29 is 0 Å². The number of hydrogen-bond donors (Lipinski definition) is 0. The average molecular weight is 865 g/mol. The van der Waals surface area contributed by atoms with E-state index >= 15 is 0 Å². The van der Waals surface area contributed by atoms with Gasteiger partial charge in [-0.15, -0.1) is 23.1 Å². The van der Waals surface area contributed by atoms with Crippen molar-refractivity contribution in [3.63, 3.8) is 0 Å². The number of fused-ring (bicyclic) bond motifs is 8. The van der Waals surface area contributed by atoms with E-state index in [2.05, 4.69) is 241 Å². The van der Waals surface area contributed by atoms with E-state index in [1.54, 1.807) is 0 Å². The maximum atomic E-state index is 2.66. The molecule has 0 saturated heterocycles. The molecular formula is C59H53BN2S2. The smallest absolute Gasteiger partial charge is 0.272 e. The third-order valence-corrected chi connectivity index (χ3v) is 17.3. The Hall–Kier alpha value is -5.75. The van der Waals surface area contributed by atoms with Gasteiger partial charge in [0.15, 0.2) is 0 Å². The second kappa shape index (κ2) is 14.1. The van der Waals surface area contributed by atoms with E-state index in [4.69, 9.17) is 0 Å². The predicted octanol–water partition coefficient (Wildman–Crippen LogP) is 15.4. The van der Waals surface area contributed by atoms with Crippen LogP contribution in [0, 0.1) is 0 Å². The average Bonchev–Trinajstić information content (AvgIpc) is 3.94. The molecule has 7 aromatic carbocycles. The highest BCUT2D eigenvalue weighted by Crippen LogP contribution is 2.63.